The van der Waals surface area contributed by atoms with Crippen LogP contribution in [0.5, 0.6) is 0 Å². The summed E-state index contributed by atoms with van der Waals surface area (Å²) in [5.41, 5.74) is 5.02. The van der Waals surface area contributed by atoms with Crippen LogP contribution in [0.15, 0.2) is 0 Å². The highest BCUT2D eigenvalue weighted by Gasteiger charge is 2.37. The lowest BCUT2D eigenvalue weighted by atomic mass is 10.2. The van der Waals surface area contributed by atoms with Crippen molar-refractivity contribution in [3.8, 4) is 0 Å². The molecule has 1 saturated heterocycles. The predicted octanol–water partition coefficient (Wildman–Crippen LogP) is -0.115. The van der Waals surface area contributed by atoms with Crippen molar-refractivity contribution in [2.75, 3.05) is 18.9 Å². The number of thioether (sulfide) groups is 1. The van der Waals surface area contributed by atoms with Crippen molar-refractivity contribution in [1.29, 1.82) is 0 Å². The zero-order valence-electron chi connectivity index (χ0n) is 10.8. The highest BCUT2D eigenvalue weighted by atomic mass is 32.2. The number of likely N-dealkylation sites (tertiary alicyclic amines) is 1. The number of nitrogens with two attached hydrogens (primary N) is 1. The quantitative estimate of drug-likeness (QED) is 0.455. The number of nitrogens with zero attached hydrogens (tertiary/aromatic N) is 1. The Morgan fingerprint density at radius 1 is 1.37 bits per heavy atom. The van der Waals surface area contributed by atoms with Gasteiger partial charge in [-0.15, -0.1) is 11.8 Å². The molecule has 0 aromatic rings. The summed E-state index contributed by atoms with van der Waals surface area (Å²) >= 11 is 1.32. The Kier molecular flexibility index (Phi) is 6.86. The highest BCUT2D eigenvalue weighted by molar-refractivity contribution is 8.00. The van der Waals surface area contributed by atoms with Crippen LogP contribution in [0.3, 0.4) is 0 Å². The summed E-state index contributed by atoms with van der Waals surface area (Å²) in [4.78, 5) is 35.4. The second-order valence-corrected chi connectivity index (χ2v) is 5.76. The standard InChI is InChI=1S/C12H20N2O4S/c13-10(16)4-2-1-3-5-14-11(17)8-9(12(14)18)19-7-6-15/h9,15H,1-8H2,(H2,13,16). The predicted molar refractivity (Wildman–Crippen MR) is 72.3 cm³/mol. The van der Waals surface area contributed by atoms with E-state index in [2.05, 4.69) is 0 Å². The summed E-state index contributed by atoms with van der Waals surface area (Å²) in [6.07, 6.45) is 2.73. The molecular formula is C12H20N2O4S. The molecule has 1 aliphatic heterocycles. The zero-order valence-corrected chi connectivity index (χ0v) is 11.7. The fourth-order valence-electron chi connectivity index (χ4n) is 1.96. The van der Waals surface area contributed by atoms with Crippen LogP contribution in [0.25, 0.3) is 0 Å². The molecule has 7 heteroatoms. The summed E-state index contributed by atoms with van der Waals surface area (Å²) in [5, 5.41) is 8.38. The maximum Gasteiger partial charge on any atom is 0.242 e. The SMILES string of the molecule is NC(=O)CCCCCN1C(=O)CC(SCCO)C1=O. The number of hydrogen-bond donors (Lipinski definition) is 2. The van der Waals surface area contributed by atoms with Gasteiger partial charge in [-0.1, -0.05) is 6.42 Å². The number of primary amides is 1. The summed E-state index contributed by atoms with van der Waals surface area (Å²) in [7, 11) is 0. The summed E-state index contributed by atoms with van der Waals surface area (Å²) < 4.78 is 0. The van der Waals surface area contributed by atoms with E-state index < -0.39 is 0 Å². The number of carbonyl (C=O) groups excluding carboxylic acids is 3. The fraction of sp³-hybridized carbons (Fsp3) is 0.750. The first-order valence-corrected chi connectivity index (χ1v) is 7.46. The first-order valence-electron chi connectivity index (χ1n) is 6.41. The van der Waals surface area contributed by atoms with Gasteiger partial charge in [0.2, 0.25) is 17.7 Å². The first-order chi connectivity index (χ1) is 9.06. The van der Waals surface area contributed by atoms with E-state index in [-0.39, 0.29) is 36.0 Å². The molecule has 108 valence electrons. The van der Waals surface area contributed by atoms with Crippen molar-refractivity contribution in [3.05, 3.63) is 0 Å². The van der Waals surface area contributed by atoms with Crippen LogP contribution in [0, 0.1) is 0 Å². The van der Waals surface area contributed by atoms with Crippen molar-refractivity contribution >= 4 is 29.5 Å². The van der Waals surface area contributed by atoms with Gasteiger partial charge in [0.25, 0.3) is 0 Å². The van der Waals surface area contributed by atoms with Crippen LogP contribution in [0.2, 0.25) is 0 Å². The Morgan fingerprint density at radius 3 is 2.74 bits per heavy atom. The Balaban J connectivity index is 2.27. The monoisotopic (exact) mass is 288 g/mol. The third-order valence-corrected chi connectivity index (χ3v) is 4.11. The Morgan fingerprint density at radius 2 is 2.11 bits per heavy atom. The maximum absolute atomic E-state index is 11.9. The summed E-state index contributed by atoms with van der Waals surface area (Å²) in [6, 6.07) is 0. The van der Waals surface area contributed by atoms with Crippen LogP contribution in [-0.2, 0) is 14.4 Å². The normalized spacial score (nSPS) is 19.2. The van der Waals surface area contributed by atoms with Crippen LogP contribution in [0.1, 0.15) is 32.1 Å². The maximum atomic E-state index is 11.9. The molecular weight excluding hydrogens is 268 g/mol. The van der Waals surface area contributed by atoms with Gasteiger partial charge in [-0.05, 0) is 12.8 Å². The van der Waals surface area contributed by atoms with E-state index in [1.54, 1.807) is 0 Å². The molecule has 1 rings (SSSR count). The van der Waals surface area contributed by atoms with Gasteiger partial charge in [0, 0.05) is 25.1 Å². The minimum absolute atomic E-state index is 0.00968. The van der Waals surface area contributed by atoms with Crippen LogP contribution >= 0.6 is 11.8 Å². The van der Waals surface area contributed by atoms with E-state index in [9.17, 15) is 14.4 Å². The second kappa shape index (κ2) is 8.16. The van der Waals surface area contributed by atoms with Gasteiger partial charge in [-0.25, -0.2) is 0 Å². The van der Waals surface area contributed by atoms with E-state index >= 15 is 0 Å². The molecule has 1 unspecified atom stereocenters. The van der Waals surface area contributed by atoms with Crippen molar-refractivity contribution in [1.82, 2.24) is 4.90 Å². The number of aliphatic hydroxyl groups is 1. The largest absolute Gasteiger partial charge is 0.396 e. The van der Waals surface area contributed by atoms with Crippen LogP contribution in [0.4, 0.5) is 0 Å². The molecule has 1 fully saturated rings. The molecule has 1 aliphatic rings. The molecule has 0 spiro atoms. The Bertz CT molecular complexity index is 349. The lowest BCUT2D eigenvalue weighted by Crippen LogP contribution is -2.32. The van der Waals surface area contributed by atoms with E-state index in [1.807, 2.05) is 0 Å². The lowest BCUT2D eigenvalue weighted by molar-refractivity contribution is -0.138. The molecule has 3 N–H and O–H groups in total. The van der Waals surface area contributed by atoms with E-state index in [4.69, 9.17) is 10.8 Å². The zero-order chi connectivity index (χ0) is 14.3. The number of imide groups is 1. The number of carbonyl (C=O) groups is 3. The number of aliphatic hydroxyl groups excluding tert-OH is 1. The van der Waals surface area contributed by atoms with Gasteiger partial charge in [0.05, 0.1) is 11.9 Å². The highest BCUT2D eigenvalue weighted by Crippen LogP contribution is 2.25. The van der Waals surface area contributed by atoms with Crippen molar-refractivity contribution < 1.29 is 19.5 Å². The van der Waals surface area contributed by atoms with E-state index in [0.29, 0.717) is 31.6 Å². The fourth-order valence-corrected chi connectivity index (χ4v) is 2.88. The molecule has 19 heavy (non-hydrogen) atoms. The molecule has 0 aromatic carbocycles. The minimum Gasteiger partial charge on any atom is -0.396 e. The topological polar surface area (TPSA) is 101 Å². The number of rotatable bonds is 9. The molecule has 1 atom stereocenters. The molecule has 0 aliphatic carbocycles. The molecule has 6 nitrogen and oxygen atoms in total. The van der Waals surface area contributed by atoms with Crippen molar-refractivity contribution in [2.45, 2.75) is 37.4 Å². The molecule has 0 aromatic heterocycles. The molecule has 0 radical (unpaired) electrons. The van der Waals surface area contributed by atoms with E-state index in [0.717, 1.165) is 6.42 Å². The smallest absolute Gasteiger partial charge is 0.242 e. The molecule has 0 bridgehead atoms. The minimum atomic E-state index is -0.342. The van der Waals surface area contributed by atoms with Gasteiger partial charge < -0.3 is 10.8 Å². The number of hydrogen-bond acceptors (Lipinski definition) is 5. The lowest BCUT2D eigenvalue weighted by Gasteiger charge is -2.14. The average Bonchev–Trinajstić information content (AvgIpc) is 2.62. The van der Waals surface area contributed by atoms with Gasteiger partial charge in [0.15, 0.2) is 0 Å². The number of amides is 3. The Labute approximate surface area is 116 Å². The summed E-state index contributed by atoms with van der Waals surface area (Å²) in [5.74, 6) is -0.154. The van der Waals surface area contributed by atoms with Crippen molar-refractivity contribution in [2.24, 2.45) is 5.73 Å². The van der Waals surface area contributed by atoms with E-state index in [1.165, 1.54) is 16.7 Å². The van der Waals surface area contributed by atoms with Crippen LogP contribution in [-0.4, -0.2) is 51.9 Å². The number of unbranched alkanes of at least 4 members (excludes halogenated alkanes) is 2. The van der Waals surface area contributed by atoms with Gasteiger partial charge in [0.1, 0.15) is 0 Å². The molecule has 1 heterocycles. The Hall–Kier alpha value is -1.08. The molecule has 3 amide bonds. The van der Waals surface area contributed by atoms with Crippen molar-refractivity contribution in [3.63, 3.8) is 0 Å². The first kappa shape index (κ1) is 16.0. The van der Waals surface area contributed by atoms with Gasteiger partial charge >= 0.3 is 0 Å². The van der Waals surface area contributed by atoms with Gasteiger partial charge in [-0.3, -0.25) is 19.3 Å². The average molecular weight is 288 g/mol. The van der Waals surface area contributed by atoms with Crippen LogP contribution < -0.4 is 5.73 Å². The third-order valence-electron chi connectivity index (χ3n) is 2.92. The molecule has 0 saturated carbocycles. The third kappa shape index (κ3) is 5.20. The van der Waals surface area contributed by atoms with Gasteiger partial charge in [-0.2, -0.15) is 0 Å². The second-order valence-electron chi connectivity index (χ2n) is 4.45. The summed E-state index contributed by atoms with van der Waals surface area (Å²) in [6.45, 7) is 0.419.